The SMILES string of the molecule is CCN(CC(C)C)C(=O)C(CN)c1ccccc1. The Hall–Kier alpha value is -1.35. The van der Waals surface area contributed by atoms with Gasteiger partial charge in [0, 0.05) is 19.6 Å². The molecule has 0 spiro atoms. The number of hydrogen-bond donors (Lipinski definition) is 1. The molecular weight excluding hydrogens is 224 g/mol. The molecule has 0 bridgehead atoms. The van der Waals surface area contributed by atoms with Crippen LogP contribution in [-0.2, 0) is 4.79 Å². The van der Waals surface area contributed by atoms with Crippen LogP contribution in [0, 0.1) is 5.92 Å². The van der Waals surface area contributed by atoms with Crippen LogP contribution < -0.4 is 5.73 Å². The summed E-state index contributed by atoms with van der Waals surface area (Å²) < 4.78 is 0. The van der Waals surface area contributed by atoms with E-state index in [2.05, 4.69) is 13.8 Å². The summed E-state index contributed by atoms with van der Waals surface area (Å²) in [5, 5.41) is 0. The van der Waals surface area contributed by atoms with E-state index in [1.165, 1.54) is 0 Å². The lowest BCUT2D eigenvalue weighted by molar-refractivity contribution is -0.132. The summed E-state index contributed by atoms with van der Waals surface area (Å²) in [5.74, 6) is 0.396. The Kier molecular flexibility index (Phi) is 5.86. The normalized spacial score (nSPS) is 12.5. The minimum Gasteiger partial charge on any atom is -0.342 e. The van der Waals surface area contributed by atoms with Crippen molar-refractivity contribution in [3.63, 3.8) is 0 Å². The van der Waals surface area contributed by atoms with Gasteiger partial charge in [-0.25, -0.2) is 0 Å². The molecule has 1 aromatic carbocycles. The van der Waals surface area contributed by atoms with Crippen molar-refractivity contribution in [3.05, 3.63) is 35.9 Å². The monoisotopic (exact) mass is 248 g/mol. The van der Waals surface area contributed by atoms with E-state index in [0.29, 0.717) is 12.5 Å². The van der Waals surface area contributed by atoms with E-state index in [9.17, 15) is 4.79 Å². The second-order valence-corrected chi connectivity index (χ2v) is 4.97. The number of benzene rings is 1. The number of carbonyl (C=O) groups excluding carboxylic acids is 1. The molecule has 2 N–H and O–H groups in total. The maximum absolute atomic E-state index is 12.5. The first-order chi connectivity index (χ1) is 8.60. The second-order valence-electron chi connectivity index (χ2n) is 4.97. The van der Waals surface area contributed by atoms with Crippen molar-refractivity contribution in [2.24, 2.45) is 11.7 Å². The van der Waals surface area contributed by atoms with Crippen LogP contribution in [-0.4, -0.2) is 30.4 Å². The van der Waals surface area contributed by atoms with Gasteiger partial charge in [0.25, 0.3) is 0 Å². The molecule has 0 aliphatic carbocycles. The van der Waals surface area contributed by atoms with E-state index in [4.69, 9.17) is 5.73 Å². The van der Waals surface area contributed by atoms with E-state index >= 15 is 0 Å². The summed E-state index contributed by atoms with van der Waals surface area (Å²) >= 11 is 0. The molecule has 0 saturated carbocycles. The van der Waals surface area contributed by atoms with Crippen LogP contribution in [0.4, 0.5) is 0 Å². The summed E-state index contributed by atoms with van der Waals surface area (Å²) in [6.07, 6.45) is 0. The Morgan fingerprint density at radius 1 is 1.28 bits per heavy atom. The number of carbonyl (C=O) groups is 1. The number of hydrogen-bond acceptors (Lipinski definition) is 2. The first kappa shape index (κ1) is 14.7. The molecule has 0 radical (unpaired) electrons. The molecule has 1 aromatic rings. The maximum atomic E-state index is 12.5. The summed E-state index contributed by atoms with van der Waals surface area (Å²) in [7, 11) is 0. The first-order valence-electron chi connectivity index (χ1n) is 6.63. The van der Waals surface area contributed by atoms with Gasteiger partial charge in [0.05, 0.1) is 5.92 Å². The molecule has 0 aromatic heterocycles. The van der Waals surface area contributed by atoms with Crippen molar-refractivity contribution in [2.75, 3.05) is 19.6 Å². The molecule has 1 unspecified atom stereocenters. The third-order valence-corrected chi connectivity index (χ3v) is 3.01. The van der Waals surface area contributed by atoms with Gasteiger partial charge >= 0.3 is 0 Å². The lowest BCUT2D eigenvalue weighted by Crippen LogP contribution is -2.39. The quantitative estimate of drug-likeness (QED) is 0.839. The van der Waals surface area contributed by atoms with Crippen molar-refractivity contribution < 1.29 is 4.79 Å². The third kappa shape index (κ3) is 3.84. The zero-order chi connectivity index (χ0) is 13.5. The van der Waals surface area contributed by atoms with Crippen LogP contribution in [0.5, 0.6) is 0 Å². The lowest BCUT2D eigenvalue weighted by atomic mass is 9.97. The van der Waals surface area contributed by atoms with Crippen LogP contribution in [0.3, 0.4) is 0 Å². The maximum Gasteiger partial charge on any atom is 0.231 e. The molecule has 3 heteroatoms. The first-order valence-corrected chi connectivity index (χ1v) is 6.63. The molecule has 0 heterocycles. The molecular formula is C15H24N2O. The van der Waals surface area contributed by atoms with Crippen LogP contribution >= 0.6 is 0 Å². The van der Waals surface area contributed by atoms with Crippen molar-refractivity contribution in [2.45, 2.75) is 26.7 Å². The third-order valence-electron chi connectivity index (χ3n) is 3.01. The zero-order valence-corrected chi connectivity index (χ0v) is 11.6. The highest BCUT2D eigenvalue weighted by Gasteiger charge is 2.23. The zero-order valence-electron chi connectivity index (χ0n) is 11.6. The minimum atomic E-state index is -0.218. The van der Waals surface area contributed by atoms with Crippen molar-refractivity contribution in [1.29, 1.82) is 0 Å². The molecule has 0 aliphatic rings. The van der Waals surface area contributed by atoms with Crippen LogP contribution in [0.25, 0.3) is 0 Å². The number of nitrogens with zero attached hydrogens (tertiary/aromatic N) is 1. The molecule has 100 valence electrons. The van der Waals surface area contributed by atoms with Crippen LogP contribution in [0.15, 0.2) is 30.3 Å². The summed E-state index contributed by atoms with van der Waals surface area (Å²) in [5.41, 5.74) is 6.79. The summed E-state index contributed by atoms with van der Waals surface area (Å²) in [6.45, 7) is 8.14. The fourth-order valence-corrected chi connectivity index (χ4v) is 2.10. The Balaban J connectivity index is 2.84. The average Bonchev–Trinajstić information content (AvgIpc) is 2.37. The highest BCUT2D eigenvalue weighted by molar-refractivity contribution is 5.84. The van der Waals surface area contributed by atoms with E-state index < -0.39 is 0 Å². The van der Waals surface area contributed by atoms with Crippen LogP contribution in [0.2, 0.25) is 0 Å². The Bertz CT molecular complexity index is 362. The summed E-state index contributed by atoms with van der Waals surface area (Å²) in [4.78, 5) is 14.4. The topological polar surface area (TPSA) is 46.3 Å². The van der Waals surface area contributed by atoms with Gasteiger partial charge in [0.2, 0.25) is 5.91 Å². The van der Waals surface area contributed by atoms with Gasteiger partial charge in [0.1, 0.15) is 0 Å². The predicted octanol–water partition coefficient (Wildman–Crippen LogP) is 2.23. The number of nitrogens with two attached hydrogens (primary N) is 1. The van der Waals surface area contributed by atoms with Gasteiger partial charge in [0.15, 0.2) is 0 Å². The van der Waals surface area contributed by atoms with Gasteiger partial charge in [-0.2, -0.15) is 0 Å². The van der Waals surface area contributed by atoms with E-state index in [0.717, 1.165) is 18.7 Å². The van der Waals surface area contributed by atoms with E-state index in [1.807, 2.05) is 42.2 Å². The molecule has 0 saturated heterocycles. The standard InChI is InChI=1S/C15H24N2O/c1-4-17(11-12(2)3)15(18)14(10-16)13-8-6-5-7-9-13/h5-9,12,14H,4,10-11,16H2,1-3H3. The molecule has 3 nitrogen and oxygen atoms in total. The van der Waals surface area contributed by atoms with Gasteiger partial charge in [-0.3, -0.25) is 4.79 Å². The van der Waals surface area contributed by atoms with Crippen molar-refractivity contribution in [3.8, 4) is 0 Å². The Labute approximate surface area is 110 Å². The fraction of sp³-hybridized carbons (Fsp3) is 0.533. The molecule has 1 rings (SSSR count). The highest BCUT2D eigenvalue weighted by Crippen LogP contribution is 2.18. The number of amides is 1. The van der Waals surface area contributed by atoms with E-state index in [-0.39, 0.29) is 11.8 Å². The largest absolute Gasteiger partial charge is 0.342 e. The minimum absolute atomic E-state index is 0.139. The number of rotatable bonds is 6. The van der Waals surface area contributed by atoms with Gasteiger partial charge in [-0.15, -0.1) is 0 Å². The van der Waals surface area contributed by atoms with Crippen LogP contribution in [0.1, 0.15) is 32.3 Å². The van der Waals surface area contributed by atoms with E-state index in [1.54, 1.807) is 0 Å². The lowest BCUT2D eigenvalue weighted by Gasteiger charge is -2.27. The molecule has 18 heavy (non-hydrogen) atoms. The smallest absolute Gasteiger partial charge is 0.231 e. The molecule has 0 fully saturated rings. The Morgan fingerprint density at radius 2 is 1.89 bits per heavy atom. The highest BCUT2D eigenvalue weighted by atomic mass is 16.2. The predicted molar refractivity (Wildman–Crippen MR) is 75.3 cm³/mol. The second kappa shape index (κ2) is 7.17. The van der Waals surface area contributed by atoms with Gasteiger partial charge in [-0.05, 0) is 18.4 Å². The van der Waals surface area contributed by atoms with Gasteiger partial charge < -0.3 is 10.6 Å². The fourth-order valence-electron chi connectivity index (χ4n) is 2.10. The number of likely N-dealkylation sites (N-methyl/N-ethyl adjacent to an activating group) is 1. The van der Waals surface area contributed by atoms with Crippen molar-refractivity contribution in [1.82, 2.24) is 4.90 Å². The Morgan fingerprint density at radius 3 is 2.33 bits per heavy atom. The molecule has 0 aliphatic heterocycles. The van der Waals surface area contributed by atoms with Crippen molar-refractivity contribution >= 4 is 5.91 Å². The summed E-state index contributed by atoms with van der Waals surface area (Å²) in [6, 6.07) is 9.79. The van der Waals surface area contributed by atoms with Gasteiger partial charge in [-0.1, -0.05) is 44.2 Å². The molecule has 1 amide bonds. The average molecular weight is 248 g/mol. The molecule has 1 atom stereocenters.